The first-order valence-electron chi connectivity index (χ1n) is 11.3. The number of hydrogen-bond acceptors (Lipinski definition) is 3. The molecule has 1 aliphatic heterocycles. The van der Waals surface area contributed by atoms with Crippen LogP contribution in [-0.4, -0.2) is 17.9 Å². The summed E-state index contributed by atoms with van der Waals surface area (Å²) in [4.78, 5) is 25.4. The molecule has 2 spiro atoms. The average Bonchev–Trinajstić information content (AvgIpc) is 3.00. The number of Topliss-reactive ketones (excluding diaryl/α,β-unsaturated/α-hetero) is 1. The van der Waals surface area contributed by atoms with Crippen LogP contribution in [0.1, 0.15) is 81.1 Å². The average molecular weight is 393 g/mol. The molecule has 1 aromatic carbocycles. The van der Waals surface area contributed by atoms with Gasteiger partial charge in [0.05, 0.1) is 0 Å². The number of hydrogen-bond donors (Lipinski definition) is 0. The maximum Gasteiger partial charge on any atom is 0.306 e. The molecule has 2 saturated carbocycles. The standard InChI is InChI=1S/C26H32O3/c1-4-7-21-25(16-20(27)18-8-5-6-9-19(18)25)15-14-24(3)17(2)10-11-22-26(21,24)13-12-23(28)29-22/h4-6,8-9,17,21-22H,1,7,10-16H2,2-3H3/t17-,21-,22?,24+,25?,26-/m1/s1. The second kappa shape index (κ2) is 6.30. The predicted octanol–water partition coefficient (Wildman–Crippen LogP) is 5.63. The van der Waals surface area contributed by atoms with Crippen molar-refractivity contribution in [1.29, 1.82) is 0 Å². The minimum Gasteiger partial charge on any atom is -0.462 e. The number of ether oxygens (including phenoxy) is 1. The fraction of sp³-hybridized carbons (Fsp3) is 0.615. The summed E-state index contributed by atoms with van der Waals surface area (Å²) in [5, 5.41) is 0. The fourth-order valence-corrected chi connectivity index (χ4v) is 8.14. The van der Waals surface area contributed by atoms with Crippen molar-refractivity contribution in [3.63, 3.8) is 0 Å². The third-order valence-electron chi connectivity index (χ3n) is 9.63. The number of fused-ring (bicyclic) bond motifs is 2. The first kappa shape index (κ1) is 19.1. The molecular weight excluding hydrogens is 360 g/mol. The molecule has 3 fully saturated rings. The van der Waals surface area contributed by atoms with Crippen LogP contribution in [0.25, 0.3) is 0 Å². The Hall–Kier alpha value is -1.90. The minimum atomic E-state index is -0.152. The van der Waals surface area contributed by atoms with Gasteiger partial charge in [-0.05, 0) is 61.3 Å². The lowest BCUT2D eigenvalue weighted by atomic mass is 9.36. The zero-order valence-electron chi connectivity index (χ0n) is 17.7. The fourth-order valence-electron chi connectivity index (χ4n) is 8.14. The summed E-state index contributed by atoms with van der Waals surface area (Å²) in [7, 11) is 0. The van der Waals surface area contributed by atoms with E-state index in [1.54, 1.807) is 0 Å². The Kier molecular flexibility index (Phi) is 4.14. The molecule has 29 heavy (non-hydrogen) atoms. The molecule has 0 aromatic heterocycles. The van der Waals surface area contributed by atoms with Crippen LogP contribution in [0, 0.1) is 22.7 Å². The van der Waals surface area contributed by atoms with E-state index in [2.05, 4.69) is 32.6 Å². The Morgan fingerprint density at radius 2 is 1.97 bits per heavy atom. The highest BCUT2D eigenvalue weighted by molar-refractivity contribution is 6.02. The van der Waals surface area contributed by atoms with Crippen molar-refractivity contribution in [3.8, 4) is 0 Å². The van der Waals surface area contributed by atoms with Gasteiger partial charge < -0.3 is 4.74 Å². The summed E-state index contributed by atoms with van der Waals surface area (Å²) in [5.41, 5.74) is 2.04. The van der Waals surface area contributed by atoms with Gasteiger partial charge in [0, 0.05) is 29.2 Å². The van der Waals surface area contributed by atoms with Crippen molar-refractivity contribution in [2.45, 2.75) is 76.7 Å². The van der Waals surface area contributed by atoms with Gasteiger partial charge in [0.2, 0.25) is 0 Å². The summed E-state index contributed by atoms with van der Waals surface area (Å²) < 4.78 is 6.10. The molecule has 0 bridgehead atoms. The highest BCUT2D eigenvalue weighted by Crippen LogP contribution is 2.73. The van der Waals surface area contributed by atoms with Crippen molar-refractivity contribution in [2.24, 2.45) is 22.7 Å². The van der Waals surface area contributed by atoms with Crippen LogP contribution in [0.5, 0.6) is 0 Å². The van der Waals surface area contributed by atoms with E-state index in [0.29, 0.717) is 18.8 Å². The molecular formula is C26H32O3. The summed E-state index contributed by atoms with van der Waals surface area (Å²) in [6, 6.07) is 8.26. The first-order chi connectivity index (χ1) is 13.9. The van der Waals surface area contributed by atoms with E-state index in [9.17, 15) is 9.59 Å². The summed E-state index contributed by atoms with van der Waals surface area (Å²) in [6.45, 7) is 8.97. The van der Waals surface area contributed by atoms with E-state index in [0.717, 1.165) is 44.1 Å². The molecule has 3 nitrogen and oxygen atoms in total. The van der Waals surface area contributed by atoms with E-state index in [-0.39, 0.29) is 40.0 Å². The summed E-state index contributed by atoms with van der Waals surface area (Å²) in [6.07, 6.45) is 9.05. The molecule has 154 valence electrons. The van der Waals surface area contributed by atoms with E-state index in [4.69, 9.17) is 4.74 Å². The van der Waals surface area contributed by atoms with Gasteiger partial charge in [-0.3, -0.25) is 9.59 Å². The lowest BCUT2D eigenvalue weighted by Crippen LogP contribution is -2.68. The van der Waals surface area contributed by atoms with Crippen molar-refractivity contribution in [1.82, 2.24) is 0 Å². The number of allylic oxidation sites excluding steroid dienone is 1. The normalized spacial score (nSPS) is 43.3. The summed E-state index contributed by atoms with van der Waals surface area (Å²) in [5.74, 6) is 1.10. The third-order valence-corrected chi connectivity index (χ3v) is 9.63. The molecule has 0 radical (unpaired) electrons. The van der Waals surface area contributed by atoms with Gasteiger partial charge in [-0.15, -0.1) is 6.58 Å². The molecule has 1 heterocycles. The maximum atomic E-state index is 13.1. The predicted molar refractivity (Wildman–Crippen MR) is 113 cm³/mol. The minimum absolute atomic E-state index is 0.0325. The zero-order chi connectivity index (χ0) is 20.4. The molecule has 1 aromatic rings. The molecule has 6 atom stereocenters. The molecule has 0 amide bonds. The number of esters is 1. The molecule has 2 unspecified atom stereocenters. The molecule has 1 saturated heterocycles. The van der Waals surface area contributed by atoms with Crippen LogP contribution >= 0.6 is 0 Å². The van der Waals surface area contributed by atoms with Crippen LogP contribution in [-0.2, 0) is 14.9 Å². The molecule has 0 N–H and O–H groups in total. The van der Waals surface area contributed by atoms with E-state index < -0.39 is 0 Å². The highest BCUT2D eigenvalue weighted by Gasteiger charge is 2.70. The number of benzene rings is 1. The Morgan fingerprint density at radius 3 is 2.76 bits per heavy atom. The van der Waals surface area contributed by atoms with Crippen molar-refractivity contribution in [3.05, 3.63) is 48.0 Å². The second-order valence-corrected chi connectivity index (χ2v) is 10.3. The molecule has 4 aliphatic rings. The van der Waals surface area contributed by atoms with Crippen LogP contribution in [0.2, 0.25) is 0 Å². The van der Waals surface area contributed by atoms with E-state index in [1.165, 1.54) is 5.56 Å². The van der Waals surface area contributed by atoms with E-state index in [1.807, 2.05) is 18.2 Å². The maximum absolute atomic E-state index is 13.1. The first-order valence-corrected chi connectivity index (χ1v) is 11.3. The monoisotopic (exact) mass is 392 g/mol. The second-order valence-electron chi connectivity index (χ2n) is 10.3. The Bertz CT molecular complexity index is 888. The largest absolute Gasteiger partial charge is 0.462 e. The Morgan fingerprint density at radius 1 is 1.17 bits per heavy atom. The zero-order valence-corrected chi connectivity index (χ0v) is 17.7. The lowest BCUT2D eigenvalue weighted by molar-refractivity contribution is -0.243. The third kappa shape index (κ3) is 2.25. The highest BCUT2D eigenvalue weighted by atomic mass is 16.5. The number of carbonyl (C=O) groups excluding carboxylic acids is 2. The van der Waals surface area contributed by atoms with Gasteiger partial charge in [-0.1, -0.05) is 44.2 Å². The van der Waals surface area contributed by atoms with Gasteiger partial charge in [-0.25, -0.2) is 0 Å². The van der Waals surface area contributed by atoms with Gasteiger partial charge in [-0.2, -0.15) is 0 Å². The smallest absolute Gasteiger partial charge is 0.306 e. The van der Waals surface area contributed by atoms with Crippen LogP contribution in [0.3, 0.4) is 0 Å². The molecule has 3 heteroatoms. The van der Waals surface area contributed by atoms with Gasteiger partial charge in [0.15, 0.2) is 5.78 Å². The van der Waals surface area contributed by atoms with Crippen LogP contribution in [0.4, 0.5) is 0 Å². The summed E-state index contributed by atoms with van der Waals surface area (Å²) >= 11 is 0. The number of carbonyl (C=O) groups is 2. The quantitative estimate of drug-likeness (QED) is 0.484. The lowest BCUT2D eigenvalue weighted by Gasteiger charge is -2.69. The molecule has 3 aliphatic carbocycles. The number of rotatable bonds is 2. The van der Waals surface area contributed by atoms with Gasteiger partial charge >= 0.3 is 5.97 Å². The van der Waals surface area contributed by atoms with Gasteiger partial charge in [0.25, 0.3) is 0 Å². The van der Waals surface area contributed by atoms with Crippen LogP contribution < -0.4 is 0 Å². The van der Waals surface area contributed by atoms with Crippen molar-refractivity contribution >= 4 is 11.8 Å². The Labute approximate surface area is 173 Å². The van der Waals surface area contributed by atoms with Crippen LogP contribution in [0.15, 0.2) is 36.9 Å². The van der Waals surface area contributed by atoms with E-state index >= 15 is 0 Å². The Balaban J connectivity index is 1.74. The topological polar surface area (TPSA) is 43.4 Å². The van der Waals surface area contributed by atoms with Crippen molar-refractivity contribution in [2.75, 3.05) is 0 Å². The van der Waals surface area contributed by atoms with Gasteiger partial charge in [0.1, 0.15) is 6.10 Å². The number of ketones is 1. The molecule has 5 rings (SSSR count). The van der Waals surface area contributed by atoms with Crippen molar-refractivity contribution < 1.29 is 14.3 Å². The SMILES string of the molecule is C=CC[C@@H]1C2(CC[C@@]3(C)[C@H](C)CCC4OC(=O)CC[C@]413)CC(=O)c1ccccc12.